The third-order valence-corrected chi connectivity index (χ3v) is 6.39. The average Bonchev–Trinajstić information content (AvgIpc) is 2.94. The van der Waals surface area contributed by atoms with E-state index in [-0.39, 0.29) is 10.9 Å². The van der Waals surface area contributed by atoms with Gasteiger partial charge in [0.15, 0.2) is 0 Å². The van der Waals surface area contributed by atoms with Crippen molar-refractivity contribution in [3.63, 3.8) is 0 Å². The number of nitrogens with two attached hydrogens (primary N) is 1. The summed E-state index contributed by atoms with van der Waals surface area (Å²) < 4.78 is 26.6. The van der Waals surface area contributed by atoms with E-state index in [0.717, 1.165) is 10.4 Å². The Labute approximate surface area is 123 Å². The lowest BCUT2D eigenvalue weighted by molar-refractivity contribution is 0.403. The van der Waals surface area contributed by atoms with E-state index in [0.29, 0.717) is 5.69 Å². The molecule has 0 spiro atoms. The molecular formula is C14H18N2O2S2. The van der Waals surface area contributed by atoms with E-state index in [4.69, 9.17) is 5.73 Å². The lowest BCUT2D eigenvalue weighted by Gasteiger charge is -2.23. The number of hydrogen-bond donors (Lipinski definition) is 1. The molecule has 2 N–H and O–H groups in total. The summed E-state index contributed by atoms with van der Waals surface area (Å²) in [5.74, 6) is 0. The van der Waals surface area contributed by atoms with Crippen molar-refractivity contribution < 1.29 is 8.42 Å². The lowest BCUT2D eigenvalue weighted by atomic mass is 10.2. The van der Waals surface area contributed by atoms with Crippen molar-refractivity contribution >= 4 is 27.0 Å². The van der Waals surface area contributed by atoms with Crippen LogP contribution in [0.25, 0.3) is 0 Å². The molecule has 0 aliphatic carbocycles. The summed E-state index contributed by atoms with van der Waals surface area (Å²) >= 11 is 1.55. The first-order valence-electron chi connectivity index (χ1n) is 6.21. The van der Waals surface area contributed by atoms with Gasteiger partial charge in [0.1, 0.15) is 0 Å². The first-order valence-corrected chi connectivity index (χ1v) is 8.53. The fourth-order valence-corrected chi connectivity index (χ4v) is 4.13. The van der Waals surface area contributed by atoms with E-state index in [9.17, 15) is 8.42 Å². The summed E-state index contributed by atoms with van der Waals surface area (Å²) in [6.45, 7) is 3.73. The van der Waals surface area contributed by atoms with Crippen LogP contribution in [0.1, 0.15) is 23.4 Å². The molecular weight excluding hydrogens is 292 g/mol. The van der Waals surface area contributed by atoms with Crippen LogP contribution in [0.3, 0.4) is 0 Å². The first kappa shape index (κ1) is 15.0. The Morgan fingerprint density at radius 3 is 2.55 bits per heavy atom. The number of benzene rings is 1. The monoisotopic (exact) mass is 310 g/mol. The Bertz CT molecular complexity index is 694. The minimum Gasteiger partial charge on any atom is -0.398 e. The quantitative estimate of drug-likeness (QED) is 0.883. The summed E-state index contributed by atoms with van der Waals surface area (Å²) in [6.07, 6.45) is 0. The molecule has 1 atom stereocenters. The maximum Gasteiger partial charge on any atom is 0.243 e. The fraction of sp³-hybridized carbons (Fsp3) is 0.286. The van der Waals surface area contributed by atoms with Gasteiger partial charge >= 0.3 is 0 Å². The summed E-state index contributed by atoms with van der Waals surface area (Å²) in [7, 11) is -1.95. The van der Waals surface area contributed by atoms with Gasteiger partial charge in [0.2, 0.25) is 10.0 Å². The predicted octanol–water partition coefficient (Wildman–Crippen LogP) is 3.02. The number of anilines is 1. The summed E-state index contributed by atoms with van der Waals surface area (Å²) in [5, 5.41) is 1.94. The number of sulfonamides is 1. The standard InChI is InChI=1S/C14H18N2O2S2/c1-10-6-7-12(9-13(10)15)20(17,18)16(3)11(2)14-5-4-8-19-14/h4-9,11H,15H2,1-3H3. The van der Waals surface area contributed by atoms with Crippen LogP contribution in [0.15, 0.2) is 40.6 Å². The van der Waals surface area contributed by atoms with Crippen molar-refractivity contribution in [2.24, 2.45) is 0 Å². The van der Waals surface area contributed by atoms with E-state index in [1.165, 1.54) is 10.4 Å². The molecule has 0 saturated carbocycles. The minimum absolute atomic E-state index is 0.206. The van der Waals surface area contributed by atoms with E-state index in [2.05, 4.69) is 0 Å². The van der Waals surface area contributed by atoms with Crippen LogP contribution in [0.4, 0.5) is 5.69 Å². The molecule has 0 saturated heterocycles. The second-order valence-corrected chi connectivity index (χ2v) is 7.71. The van der Waals surface area contributed by atoms with Crippen molar-refractivity contribution in [3.05, 3.63) is 46.2 Å². The minimum atomic E-state index is -3.54. The van der Waals surface area contributed by atoms with Gasteiger partial charge in [-0.1, -0.05) is 12.1 Å². The fourth-order valence-electron chi connectivity index (χ4n) is 1.86. The molecule has 0 amide bonds. The SMILES string of the molecule is Cc1ccc(S(=O)(=O)N(C)C(C)c2cccs2)cc1N. The number of nitrogen functional groups attached to an aromatic ring is 1. The normalized spacial score (nSPS) is 13.6. The number of thiophene rings is 1. The highest BCUT2D eigenvalue weighted by Gasteiger charge is 2.27. The Hall–Kier alpha value is -1.37. The summed E-state index contributed by atoms with van der Waals surface area (Å²) in [6, 6.07) is 8.49. The third kappa shape index (κ3) is 2.72. The van der Waals surface area contributed by atoms with Crippen LogP contribution in [-0.2, 0) is 10.0 Å². The molecule has 2 rings (SSSR count). The third-order valence-electron chi connectivity index (χ3n) is 3.43. The summed E-state index contributed by atoms with van der Waals surface area (Å²) in [5.41, 5.74) is 7.17. The molecule has 1 unspecified atom stereocenters. The highest BCUT2D eigenvalue weighted by Crippen LogP contribution is 2.29. The molecule has 1 aromatic carbocycles. The van der Waals surface area contributed by atoms with Crippen LogP contribution in [0, 0.1) is 6.92 Å². The maximum atomic E-state index is 12.6. The van der Waals surface area contributed by atoms with Crippen molar-refractivity contribution in [1.29, 1.82) is 0 Å². The van der Waals surface area contributed by atoms with Gasteiger partial charge in [0, 0.05) is 17.6 Å². The highest BCUT2D eigenvalue weighted by atomic mass is 32.2. The van der Waals surface area contributed by atoms with Crippen molar-refractivity contribution in [2.75, 3.05) is 12.8 Å². The van der Waals surface area contributed by atoms with Crippen molar-refractivity contribution in [1.82, 2.24) is 4.31 Å². The van der Waals surface area contributed by atoms with Gasteiger partial charge in [-0.2, -0.15) is 4.31 Å². The van der Waals surface area contributed by atoms with E-state index in [1.54, 1.807) is 30.5 Å². The van der Waals surface area contributed by atoms with Crippen molar-refractivity contribution in [3.8, 4) is 0 Å². The molecule has 2 aromatic rings. The predicted molar refractivity (Wildman–Crippen MR) is 83.3 cm³/mol. The van der Waals surface area contributed by atoms with Crippen LogP contribution >= 0.6 is 11.3 Å². The number of rotatable bonds is 4. The van der Waals surface area contributed by atoms with E-state index in [1.807, 2.05) is 31.4 Å². The number of aryl methyl sites for hydroxylation is 1. The molecule has 1 aromatic heterocycles. The molecule has 1 heterocycles. The van der Waals surface area contributed by atoms with E-state index < -0.39 is 10.0 Å². The van der Waals surface area contributed by atoms with E-state index >= 15 is 0 Å². The molecule has 108 valence electrons. The molecule has 0 radical (unpaired) electrons. The van der Waals surface area contributed by atoms with Gasteiger partial charge in [-0.15, -0.1) is 11.3 Å². The van der Waals surface area contributed by atoms with Gasteiger partial charge in [0.05, 0.1) is 10.9 Å². The topological polar surface area (TPSA) is 63.4 Å². The zero-order valence-electron chi connectivity index (χ0n) is 11.7. The van der Waals surface area contributed by atoms with Gasteiger partial charge in [-0.3, -0.25) is 0 Å². The molecule has 0 aliphatic heterocycles. The van der Waals surface area contributed by atoms with Crippen LogP contribution < -0.4 is 5.73 Å². The van der Waals surface area contributed by atoms with Gasteiger partial charge in [-0.25, -0.2) is 8.42 Å². The molecule has 0 bridgehead atoms. The average molecular weight is 310 g/mol. The van der Waals surface area contributed by atoms with Crippen LogP contribution in [-0.4, -0.2) is 19.8 Å². The zero-order valence-corrected chi connectivity index (χ0v) is 13.3. The lowest BCUT2D eigenvalue weighted by Crippen LogP contribution is -2.29. The number of hydrogen-bond acceptors (Lipinski definition) is 4. The Balaban J connectivity index is 2.36. The second kappa shape index (κ2) is 5.55. The maximum absolute atomic E-state index is 12.6. The highest BCUT2D eigenvalue weighted by molar-refractivity contribution is 7.89. The second-order valence-electron chi connectivity index (χ2n) is 4.73. The Kier molecular flexibility index (Phi) is 4.17. The van der Waals surface area contributed by atoms with Crippen LogP contribution in [0.5, 0.6) is 0 Å². The van der Waals surface area contributed by atoms with Crippen molar-refractivity contribution in [2.45, 2.75) is 24.8 Å². The van der Waals surface area contributed by atoms with Gasteiger partial charge in [-0.05, 0) is 43.0 Å². The first-order chi connectivity index (χ1) is 9.34. The van der Waals surface area contributed by atoms with Gasteiger partial charge < -0.3 is 5.73 Å². The molecule has 0 aliphatic rings. The molecule has 4 nitrogen and oxygen atoms in total. The number of nitrogens with zero attached hydrogens (tertiary/aromatic N) is 1. The van der Waals surface area contributed by atoms with Crippen LogP contribution in [0.2, 0.25) is 0 Å². The molecule has 0 fully saturated rings. The Morgan fingerprint density at radius 1 is 1.30 bits per heavy atom. The zero-order chi connectivity index (χ0) is 14.9. The largest absolute Gasteiger partial charge is 0.398 e. The van der Waals surface area contributed by atoms with Gasteiger partial charge in [0.25, 0.3) is 0 Å². The Morgan fingerprint density at radius 2 is 2.00 bits per heavy atom. The summed E-state index contributed by atoms with van der Waals surface area (Å²) in [4.78, 5) is 1.24. The smallest absolute Gasteiger partial charge is 0.243 e. The molecule has 6 heteroatoms. The molecule has 20 heavy (non-hydrogen) atoms.